The number of hydrogen-bond acceptors (Lipinski definition) is 4. The minimum Gasteiger partial charge on any atom is -0.371 e. The van der Waals surface area contributed by atoms with Crippen molar-refractivity contribution in [2.75, 3.05) is 45.2 Å². The maximum Gasteiger partial charge on any atom is 0.430 e. The summed E-state index contributed by atoms with van der Waals surface area (Å²) in [6.45, 7) is 2.03. The van der Waals surface area contributed by atoms with Gasteiger partial charge in [-0.05, 0) is 49.3 Å². The number of alkyl halides is 3. The fourth-order valence-corrected chi connectivity index (χ4v) is 5.47. The first-order valence-corrected chi connectivity index (χ1v) is 12.7. The third-order valence-electron chi connectivity index (χ3n) is 7.39. The molecule has 6 nitrogen and oxygen atoms in total. The molecule has 2 saturated heterocycles. The number of amides is 2. The fraction of sp³-hybridized carbons (Fsp3) is 0.481. The number of piperidine rings is 1. The van der Waals surface area contributed by atoms with Gasteiger partial charge in [-0.15, -0.1) is 0 Å². The summed E-state index contributed by atoms with van der Waals surface area (Å²) in [5, 5.41) is 10.9. The van der Waals surface area contributed by atoms with Gasteiger partial charge in [-0.1, -0.05) is 41.9 Å². The zero-order valence-electron chi connectivity index (χ0n) is 20.8. The van der Waals surface area contributed by atoms with Gasteiger partial charge in [-0.2, -0.15) is 13.2 Å². The van der Waals surface area contributed by atoms with Crippen LogP contribution in [0.1, 0.15) is 35.2 Å². The number of likely N-dealkylation sites (tertiary alicyclic amines) is 1. The van der Waals surface area contributed by atoms with Crippen LogP contribution in [0.15, 0.2) is 48.5 Å². The van der Waals surface area contributed by atoms with E-state index in [1.807, 2.05) is 12.1 Å². The molecule has 2 aromatic carbocycles. The SMILES string of the molecule is CN(C)C(=O)c1ccc(N2CCC(CC3CN(C(=O)C(O)(c4ccccc4)C(F)(F)F)C3)CC2)cc1Cl. The van der Waals surface area contributed by atoms with Crippen LogP contribution in [0.4, 0.5) is 18.9 Å². The highest BCUT2D eigenvalue weighted by Gasteiger charge is 2.62. The lowest BCUT2D eigenvalue weighted by molar-refractivity contribution is -0.264. The molecule has 0 bridgehead atoms. The van der Waals surface area contributed by atoms with Crippen LogP contribution >= 0.6 is 11.6 Å². The molecule has 0 saturated carbocycles. The Labute approximate surface area is 219 Å². The van der Waals surface area contributed by atoms with E-state index in [1.165, 1.54) is 23.1 Å². The summed E-state index contributed by atoms with van der Waals surface area (Å²) in [6.07, 6.45) is -2.47. The number of carbonyl (C=O) groups excluding carboxylic acids is 2. The normalized spacial score (nSPS) is 18.8. The first kappa shape index (κ1) is 27.3. The molecule has 0 aliphatic carbocycles. The molecule has 2 aliphatic rings. The van der Waals surface area contributed by atoms with Crippen molar-refractivity contribution < 1.29 is 27.9 Å². The Morgan fingerprint density at radius 2 is 1.65 bits per heavy atom. The second-order valence-electron chi connectivity index (χ2n) is 10.2. The highest BCUT2D eigenvalue weighted by Crippen LogP contribution is 2.42. The zero-order chi connectivity index (χ0) is 27.0. The van der Waals surface area contributed by atoms with Crippen LogP contribution < -0.4 is 4.90 Å². The van der Waals surface area contributed by atoms with Crippen LogP contribution in [0.2, 0.25) is 5.02 Å². The second kappa shape index (κ2) is 10.5. The number of carbonyl (C=O) groups is 2. The van der Waals surface area contributed by atoms with Crippen molar-refractivity contribution in [3.63, 3.8) is 0 Å². The molecule has 1 unspecified atom stereocenters. The Morgan fingerprint density at radius 3 is 2.19 bits per heavy atom. The maximum absolute atomic E-state index is 13.8. The monoisotopic (exact) mass is 537 g/mol. The van der Waals surface area contributed by atoms with Gasteiger partial charge in [0.05, 0.1) is 10.6 Å². The van der Waals surface area contributed by atoms with E-state index in [0.717, 1.165) is 55.1 Å². The van der Waals surface area contributed by atoms with E-state index in [0.29, 0.717) is 16.5 Å². The van der Waals surface area contributed by atoms with Gasteiger partial charge < -0.3 is 19.8 Å². The van der Waals surface area contributed by atoms with Crippen LogP contribution in [0.25, 0.3) is 0 Å². The number of hydrogen-bond donors (Lipinski definition) is 1. The van der Waals surface area contributed by atoms with Crippen LogP contribution in [0, 0.1) is 11.8 Å². The fourth-order valence-electron chi connectivity index (χ4n) is 5.21. The third kappa shape index (κ3) is 5.43. The number of rotatable bonds is 6. The molecular formula is C27H31ClF3N3O3. The summed E-state index contributed by atoms with van der Waals surface area (Å²) < 4.78 is 41.4. The smallest absolute Gasteiger partial charge is 0.371 e. The van der Waals surface area contributed by atoms with E-state index in [4.69, 9.17) is 11.6 Å². The summed E-state index contributed by atoms with van der Waals surface area (Å²) in [5.41, 5.74) is -2.61. The van der Waals surface area contributed by atoms with Crippen molar-refractivity contribution in [1.29, 1.82) is 0 Å². The van der Waals surface area contributed by atoms with Crippen LogP contribution in [-0.2, 0) is 10.4 Å². The molecule has 1 atom stereocenters. The molecular weight excluding hydrogens is 507 g/mol. The van der Waals surface area contributed by atoms with Crippen molar-refractivity contribution in [2.24, 2.45) is 11.8 Å². The summed E-state index contributed by atoms with van der Waals surface area (Å²) in [5.74, 6) is -0.954. The molecule has 2 fully saturated rings. The van der Waals surface area contributed by atoms with Crippen LogP contribution in [0.3, 0.4) is 0 Å². The van der Waals surface area contributed by atoms with Gasteiger partial charge >= 0.3 is 6.18 Å². The summed E-state index contributed by atoms with van der Waals surface area (Å²) >= 11 is 6.36. The first-order chi connectivity index (χ1) is 17.4. The minimum atomic E-state index is -5.12. The molecule has 200 valence electrons. The topological polar surface area (TPSA) is 64.1 Å². The van der Waals surface area contributed by atoms with Crippen LogP contribution in [-0.4, -0.2) is 73.2 Å². The Balaban J connectivity index is 1.30. The average molecular weight is 538 g/mol. The van der Waals surface area contributed by atoms with Gasteiger partial charge in [0.2, 0.25) is 0 Å². The predicted octanol–water partition coefficient (Wildman–Crippen LogP) is 4.56. The highest BCUT2D eigenvalue weighted by molar-refractivity contribution is 6.34. The minimum absolute atomic E-state index is 0.111. The van der Waals surface area contributed by atoms with Gasteiger partial charge in [0.1, 0.15) is 0 Å². The average Bonchev–Trinajstić information content (AvgIpc) is 2.84. The Morgan fingerprint density at radius 1 is 1.03 bits per heavy atom. The second-order valence-corrected chi connectivity index (χ2v) is 10.6. The molecule has 2 aromatic rings. The lowest BCUT2D eigenvalue weighted by Gasteiger charge is -2.45. The van der Waals surface area contributed by atoms with E-state index < -0.39 is 23.2 Å². The van der Waals surface area contributed by atoms with E-state index in [2.05, 4.69) is 4.90 Å². The third-order valence-corrected chi connectivity index (χ3v) is 7.70. The molecule has 37 heavy (non-hydrogen) atoms. The number of anilines is 1. The number of halogens is 4. The maximum atomic E-state index is 13.8. The Hall–Kier alpha value is -2.78. The van der Waals surface area contributed by atoms with E-state index in [1.54, 1.807) is 20.2 Å². The summed E-state index contributed by atoms with van der Waals surface area (Å²) in [4.78, 5) is 29.8. The van der Waals surface area contributed by atoms with E-state index in [9.17, 15) is 27.9 Å². The van der Waals surface area contributed by atoms with Crippen molar-refractivity contribution in [1.82, 2.24) is 9.80 Å². The molecule has 0 spiro atoms. The first-order valence-electron chi connectivity index (χ1n) is 12.3. The largest absolute Gasteiger partial charge is 0.430 e. The van der Waals surface area contributed by atoms with Crippen molar-refractivity contribution in [3.8, 4) is 0 Å². The van der Waals surface area contributed by atoms with Gasteiger partial charge in [-0.25, -0.2) is 0 Å². The molecule has 1 N–H and O–H groups in total. The molecule has 0 radical (unpaired) electrons. The summed E-state index contributed by atoms with van der Waals surface area (Å²) in [7, 11) is 3.35. The highest BCUT2D eigenvalue weighted by atomic mass is 35.5. The molecule has 10 heteroatoms. The molecule has 2 heterocycles. The van der Waals surface area contributed by atoms with E-state index in [-0.39, 0.29) is 24.9 Å². The summed E-state index contributed by atoms with van der Waals surface area (Å²) in [6, 6.07) is 12.0. The van der Waals surface area contributed by atoms with Crippen LogP contribution in [0.5, 0.6) is 0 Å². The molecule has 2 aliphatic heterocycles. The van der Waals surface area contributed by atoms with Gasteiger partial charge in [0.25, 0.3) is 17.4 Å². The van der Waals surface area contributed by atoms with Gasteiger partial charge in [0, 0.05) is 51.5 Å². The zero-order valence-corrected chi connectivity index (χ0v) is 21.6. The lowest BCUT2D eigenvalue weighted by atomic mass is 9.82. The van der Waals surface area contributed by atoms with Crippen molar-refractivity contribution >= 4 is 29.1 Å². The van der Waals surface area contributed by atoms with Crippen molar-refractivity contribution in [3.05, 3.63) is 64.7 Å². The predicted molar refractivity (Wildman–Crippen MR) is 135 cm³/mol. The molecule has 0 aromatic heterocycles. The van der Waals surface area contributed by atoms with Crippen molar-refractivity contribution in [2.45, 2.75) is 31.0 Å². The quantitative estimate of drug-likeness (QED) is 0.587. The Bertz CT molecular complexity index is 1130. The number of aliphatic hydroxyl groups is 1. The van der Waals surface area contributed by atoms with E-state index >= 15 is 0 Å². The molecule has 4 rings (SSSR count). The lowest BCUT2D eigenvalue weighted by Crippen LogP contribution is -2.61. The van der Waals surface area contributed by atoms with Gasteiger partial charge in [-0.3, -0.25) is 9.59 Å². The Kier molecular flexibility index (Phi) is 7.76. The number of nitrogens with zero attached hydrogens (tertiary/aromatic N) is 3. The standard InChI is InChI=1S/C27H31ClF3N3O3/c1-32(2)24(35)22-9-8-21(15-23(22)28)33-12-10-18(11-13-33)14-19-16-34(17-19)25(36)26(37,27(29,30)31)20-6-4-3-5-7-20/h3-9,15,18-19,37H,10-14,16-17H2,1-2H3. The van der Waals surface area contributed by atoms with Gasteiger partial charge in [0.15, 0.2) is 0 Å². The number of benzene rings is 2. The molecule has 2 amide bonds.